The predicted molar refractivity (Wildman–Crippen MR) is 102 cm³/mol. The minimum absolute atomic E-state index is 0.155. The average Bonchev–Trinajstić information content (AvgIpc) is 2.67. The second-order valence-electron chi connectivity index (χ2n) is 6.12. The number of nitrogens with one attached hydrogen (secondary N) is 1. The van der Waals surface area contributed by atoms with Crippen molar-refractivity contribution in [3.8, 4) is 0 Å². The normalized spacial score (nSPS) is 18.0. The molecule has 0 radical (unpaired) electrons. The Kier molecular flexibility index (Phi) is 7.98. The molecule has 0 spiro atoms. The van der Waals surface area contributed by atoms with Crippen LogP contribution in [0.15, 0.2) is 46.5 Å². The van der Waals surface area contributed by atoms with Crippen molar-refractivity contribution in [3.63, 3.8) is 0 Å². The maximum Gasteiger partial charge on any atom is 0.246 e. The fourth-order valence-corrected chi connectivity index (χ4v) is 2.31. The van der Waals surface area contributed by atoms with Crippen molar-refractivity contribution < 1.29 is 14.3 Å². The maximum absolute atomic E-state index is 11.5. The van der Waals surface area contributed by atoms with E-state index in [9.17, 15) is 4.79 Å². The molecule has 1 unspecified atom stereocenters. The summed E-state index contributed by atoms with van der Waals surface area (Å²) in [5, 5.41) is 6.49. The first kappa shape index (κ1) is 19.8. The lowest BCUT2D eigenvalue weighted by molar-refractivity contribution is -0.152. The quantitative estimate of drug-likeness (QED) is 0.323. The number of nitrogens with zero attached hydrogens (tertiary/aromatic N) is 2. The molecule has 0 aliphatic carbocycles. The van der Waals surface area contributed by atoms with Crippen LogP contribution in [0.5, 0.6) is 0 Å². The minimum atomic E-state index is -0.192. The lowest BCUT2D eigenvalue weighted by Crippen LogP contribution is -2.26. The van der Waals surface area contributed by atoms with Gasteiger partial charge >= 0.3 is 0 Å². The Labute approximate surface area is 154 Å². The van der Waals surface area contributed by atoms with Gasteiger partial charge in [-0.2, -0.15) is 5.10 Å². The van der Waals surface area contributed by atoms with Crippen LogP contribution >= 0.6 is 0 Å². The Morgan fingerprint density at radius 2 is 2.19 bits per heavy atom. The SMILES string of the molecule is C=C(C)C(=O)NCc1ccc(N=CC(COC2CCCCO2)=NN)cc1. The van der Waals surface area contributed by atoms with Crippen molar-refractivity contribution >= 4 is 23.5 Å². The molecule has 1 atom stereocenters. The highest BCUT2D eigenvalue weighted by Gasteiger charge is 2.14. The zero-order valence-corrected chi connectivity index (χ0v) is 15.1. The fourth-order valence-electron chi connectivity index (χ4n) is 2.31. The van der Waals surface area contributed by atoms with E-state index in [4.69, 9.17) is 15.3 Å². The van der Waals surface area contributed by atoms with Crippen molar-refractivity contribution in [2.75, 3.05) is 13.2 Å². The van der Waals surface area contributed by atoms with Crippen molar-refractivity contribution in [2.24, 2.45) is 15.9 Å². The summed E-state index contributed by atoms with van der Waals surface area (Å²) < 4.78 is 11.2. The molecule has 1 aromatic rings. The van der Waals surface area contributed by atoms with Crippen LogP contribution in [0.4, 0.5) is 5.69 Å². The molecule has 1 saturated heterocycles. The third kappa shape index (κ3) is 6.78. The summed E-state index contributed by atoms with van der Waals surface area (Å²) >= 11 is 0. The number of aliphatic imine (C=N–C) groups is 1. The zero-order valence-electron chi connectivity index (χ0n) is 15.1. The minimum Gasteiger partial charge on any atom is -0.353 e. The standard InChI is InChI=1S/C19H26N4O3/c1-14(2)19(24)22-11-15-6-8-16(9-7-15)21-12-17(23-20)13-26-18-5-3-4-10-25-18/h6-9,12,18H,1,3-5,10-11,13,20H2,2H3,(H,22,24). The molecule has 1 aliphatic heterocycles. The molecule has 7 heteroatoms. The van der Waals surface area contributed by atoms with Gasteiger partial charge in [-0.05, 0) is 43.9 Å². The first-order valence-corrected chi connectivity index (χ1v) is 8.65. The number of ether oxygens (including phenoxy) is 2. The highest BCUT2D eigenvalue weighted by molar-refractivity contribution is 6.31. The van der Waals surface area contributed by atoms with Crippen molar-refractivity contribution in [2.45, 2.75) is 39.0 Å². The molecule has 1 heterocycles. The molecule has 3 N–H and O–H groups in total. The summed E-state index contributed by atoms with van der Waals surface area (Å²) in [7, 11) is 0. The Hall–Kier alpha value is -2.51. The van der Waals surface area contributed by atoms with Gasteiger partial charge < -0.3 is 20.6 Å². The lowest BCUT2D eigenvalue weighted by atomic mass is 10.2. The van der Waals surface area contributed by atoms with Gasteiger partial charge in [0, 0.05) is 18.7 Å². The number of carbonyl (C=O) groups is 1. The van der Waals surface area contributed by atoms with E-state index >= 15 is 0 Å². The number of hydrogen-bond acceptors (Lipinski definition) is 6. The molecule has 0 bridgehead atoms. The van der Waals surface area contributed by atoms with Gasteiger partial charge in [-0.1, -0.05) is 18.7 Å². The predicted octanol–water partition coefficient (Wildman–Crippen LogP) is 2.44. The molecular weight excluding hydrogens is 332 g/mol. The van der Waals surface area contributed by atoms with Crippen LogP contribution in [-0.2, 0) is 20.8 Å². The van der Waals surface area contributed by atoms with Gasteiger partial charge in [0.25, 0.3) is 0 Å². The highest BCUT2D eigenvalue weighted by atomic mass is 16.7. The van der Waals surface area contributed by atoms with Gasteiger partial charge in [0.2, 0.25) is 5.91 Å². The second-order valence-corrected chi connectivity index (χ2v) is 6.12. The summed E-state index contributed by atoms with van der Waals surface area (Å²) in [5.74, 6) is 5.24. The van der Waals surface area contributed by atoms with Crippen LogP contribution in [0.3, 0.4) is 0 Å². The third-order valence-electron chi connectivity index (χ3n) is 3.86. The third-order valence-corrected chi connectivity index (χ3v) is 3.86. The molecule has 140 valence electrons. The Bertz CT molecular complexity index is 662. The summed E-state index contributed by atoms with van der Waals surface area (Å²) in [6.07, 6.45) is 4.46. The number of amides is 1. The number of carbonyl (C=O) groups excluding carboxylic acids is 1. The van der Waals surface area contributed by atoms with Crippen LogP contribution < -0.4 is 11.2 Å². The summed E-state index contributed by atoms with van der Waals surface area (Å²) in [6, 6.07) is 7.52. The number of benzene rings is 1. The molecule has 1 fully saturated rings. The van der Waals surface area contributed by atoms with Crippen molar-refractivity contribution in [3.05, 3.63) is 42.0 Å². The molecule has 0 saturated carbocycles. The zero-order chi connectivity index (χ0) is 18.8. The van der Waals surface area contributed by atoms with Gasteiger partial charge in [0.05, 0.1) is 18.5 Å². The molecule has 1 amide bonds. The molecule has 1 aliphatic rings. The topological polar surface area (TPSA) is 98.3 Å². The van der Waals surface area contributed by atoms with Crippen molar-refractivity contribution in [1.29, 1.82) is 0 Å². The molecule has 2 rings (SSSR count). The van der Waals surface area contributed by atoms with Gasteiger partial charge in [-0.15, -0.1) is 0 Å². The van der Waals surface area contributed by atoms with Crippen LogP contribution in [0.25, 0.3) is 0 Å². The van der Waals surface area contributed by atoms with Gasteiger partial charge in [0.1, 0.15) is 5.71 Å². The van der Waals surface area contributed by atoms with E-state index in [-0.39, 0.29) is 18.8 Å². The molecule has 26 heavy (non-hydrogen) atoms. The molecule has 0 aromatic heterocycles. The smallest absolute Gasteiger partial charge is 0.246 e. The molecule has 7 nitrogen and oxygen atoms in total. The van der Waals surface area contributed by atoms with Gasteiger partial charge in [-0.3, -0.25) is 9.79 Å². The maximum atomic E-state index is 11.5. The molecular formula is C19H26N4O3. The molecule has 1 aromatic carbocycles. The van der Waals surface area contributed by atoms with E-state index in [0.717, 1.165) is 37.1 Å². The van der Waals surface area contributed by atoms with Crippen molar-refractivity contribution in [1.82, 2.24) is 5.32 Å². The van der Waals surface area contributed by atoms with E-state index in [0.29, 0.717) is 17.8 Å². The Balaban J connectivity index is 1.82. The summed E-state index contributed by atoms with van der Waals surface area (Å²) in [4.78, 5) is 15.8. The monoisotopic (exact) mass is 358 g/mol. The first-order valence-electron chi connectivity index (χ1n) is 8.65. The van der Waals surface area contributed by atoms with Crippen LogP contribution in [0, 0.1) is 0 Å². The van der Waals surface area contributed by atoms with E-state index in [1.165, 1.54) is 0 Å². The van der Waals surface area contributed by atoms with E-state index < -0.39 is 0 Å². The fraction of sp³-hybridized carbons (Fsp3) is 0.421. The van der Waals surface area contributed by atoms with Gasteiger partial charge in [0.15, 0.2) is 6.29 Å². The van der Waals surface area contributed by atoms with Crippen LogP contribution in [0.1, 0.15) is 31.7 Å². The number of nitrogens with two attached hydrogens (primary N) is 1. The second kappa shape index (κ2) is 10.5. The lowest BCUT2D eigenvalue weighted by Gasteiger charge is -2.22. The van der Waals surface area contributed by atoms with E-state index in [2.05, 4.69) is 22.0 Å². The van der Waals surface area contributed by atoms with Gasteiger partial charge in [-0.25, -0.2) is 0 Å². The van der Waals surface area contributed by atoms with E-state index in [1.807, 2.05) is 24.3 Å². The average molecular weight is 358 g/mol. The number of hydrazone groups is 1. The Morgan fingerprint density at radius 3 is 2.81 bits per heavy atom. The summed E-state index contributed by atoms with van der Waals surface area (Å²) in [5.41, 5.74) is 2.76. The largest absolute Gasteiger partial charge is 0.353 e. The van der Waals surface area contributed by atoms with Crippen LogP contribution in [0.2, 0.25) is 0 Å². The summed E-state index contributed by atoms with van der Waals surface area (Å²) in [6.45, 7) is 6.71. The Morgan fingerprint density at radius 1 is 1.42 bits per heavy atom. The van der Waals surface area contributed by atoms with E-state index in [1.54, 1.807) is 13.1 Å². The van der Waals surface area contributed by atoms with Crippen LogP contribution in [-0.4, -0.2) is 37.3 Å². The number of hydrogen-bond donors (Lipinski definition) is 2. The number of rotatable bonds is 8. The highest BCUT2D eigenvalue weighted by Crippen LogP contribution is 2.14. The first-order chi connectivity index (χ1) is 12.6.